The number of benzene rings is 1. The van der Waals surface area contributed by atoms with E-state index in [2.05, 4.69) is 12.1 Å². The number of hydrogen-bond acceptors (Lipinski definition) is 0. The Labute approximate surface area is 76.3 Å². The van der Waals surface area contributed by atoms with E-state index in [1.165, 1.54) is 11.1 Å². The van der Waals surface area contributed by atoms with Crippen molar-refractivity contribution in [2.24, 2.45) is 0 Å². The van der Waals surface area contributed by atoms with Crippen molar-refractivity contribution in [2.75, 3.05) is 0 Å². The SMILES string of the molecule is [2H]C(C=C(C)C)Cc1ccccc1. The molecule has 0 spiro atoms. The van der Waals surface area contributed by atoms with Gasteiger partial charge in [-0.3, -0.25) is 0 Å². The number of hydrogen-bond donors (Lipinski definition) is 0. The maximum atomic E-state index is 7.76. The normalized spacial score (nSPS) is 13.3. The van der Waals surface area contributed by atoms with E-state index >= 15 is 0 Å². The molecular formula is C12H16. The van der Waals surface area contributed by atoms with Gasteiger partial charge >= 0.3 is 0 Å². The van der Waals surface area contributed by atoms with E-state index in [1.807, 2.05) is 38.1 Å². The molecule has 0 aliphatic rings. The number of rotatable bonds is 3. The van der Waals surface area contributed by atoms with E-state index in [0.29, 0.717) is 0 Å². The summed E-state index contributed by atoms with van der Waals surface area (Å²) in [4.78, 5) is 0. The van der Waals surface area contributed by atoms with Crippen molar-refractivity contribution in [3.05, 3.63) is 47.5 Å². The second kappa shape index (κ2) is 4.76. The average molecular weight is 161 g/mol. The first-order valence-corrected chi connectivity index (χ1v) is 4.29. The van der Waals surface area contributed by atoms with Crippen LogP contribution in [0.25, 0.3) is 0 Å². The highest BCUT2D eigenvalue weighted by Crippen LogP contribution is 2.04. The fourth-order valence-corrected chi connectivity index (χ4v) is 1.04. The van der Waals surface area contributed by atoms with Gasteiger partial charge in [0.1, 0.15) is 0 Å². The Hall–Kier alpha value is -1.04. The van der Waals surface area contributed by atoms with Crippen molar-refractivity contribution in [1.29, 1.82) is 0 Å². The van der Waals surface area contributed by atoms with Gasteiger partial charge < -0.3 is 0 Å². The summed E-state index contributed by atoms with van der Waals surface area (Å²) in [6, 6.07) is 10.2. The van der Waals surface area contributed by atoms with Gasteiger partial charge in [-0.15, -0.1) is 0 Å². The molecule has 0 aliphatic heterocycles. The molecule has 0 nitrogen and oxygen atoms in total. The molecule has 0 amide bonds. The standard InChI is InChI=1S/C12H16/c1-11(2)7-6-10-12-8-4-3-5-9-12/h3-5,7-9H,6,10H2,1-2H3/i6D. The van der Waals surface area contributed by atoms with Gasteiger partial charge in [0.2, 0.25) is 0 Å². The lowest BCUT2D eigenvalue weighted by Gasteiger charge is -1.96. The van der Waals surface area contributed by atoms with Crippen LogP contribution < -0.4 is 0 Å². The summed E-state index contributed by atoms with van der Waals surface area (Å²) < 4.78 is 7.76. The van der Waals surface area contributed by atoms with Crippen molar-refractivity contribution >= 4 is 0 Å². The fraction of sp³-hybridized carbons (Fsp3) is 0.333. The zero-order valence-corrected chi connectivity index (χ0v) is 7.75. The van der Waals surface area contributed by atoms with E-state index in [4.69, 9.17) is 1.37 Å². The Kier molecular flexibility index (Phi) is 3.02. The average Bonchev–Trinajstić information content (AvgIpc) is 2.04. The summed E-state index contributed by atoms with van der Waals surface area (Å²) in [6.45, 7) is 4.07. The molecule has 0 aliphatic carbocycles. The predicted octanol–water partition coefficient (Wildman–Crippen LogP) is 3.59. The van der Waals surface area contributed by atoms with Crippen molar-refractivity contribution in [3.8, 4) is 0 Å². The first kappa shape index (κ1) is 7.60. The Morgan fingerprint density at radius 3 is 2.58 bits per heavy atom. The van der Waals surface area contributed by atoms with Crippen LogP contribution in [0.2, 0.25) is 0 Å². The van der Waals surface area contributed by atoms with Crippen molar-refractivity contribution in [3.63, 3.8) is 0 Å². The summed E-state index contributed by atoms with van der Waals surface area (Å²) in [5.74, 6) is 0. The molecule has 1 unspecified atom stereocenters. The van der Waals surface area contributed by atoms with Crippen LogP contribution in [0.1, 0.15) is 27.2 Å². The van der Waals surface area contributed by atoms with Crippen LogP contribution in [0, 0.1) is 0 Å². The third-order valence-corrected chi connectivity index (χ3v) is 1.65. The largest absolute Gasteiger partial charge is 0.0856 e. The second-order valence-corrected chi connectivity index (χ2v) is 3.17. The Morgan fingerprint density at radius 2 is 2.00 bits per heavy atom. The summed E-state index contributed by atoms with van der Waals surface area (Å²) in [5.41, 5.74) is 2.45. The lowest BCUT2D eigenvalue weighted by atomic mass is 10.1. The molecule has 0 N–H and O–H groups in total. The van der Waals surface area contributed by atoms with E-state index in [9.17, 15) is 0 Å². The highest BCUT2D eigenvalue weighted by atomic mass is 13.9. The second-order valence-electron chi connectivity index (χ2n) is 3.17. The van der Waals surface area contributed by atoms with E-state index in [-0.39, 0.29) is 6.40 Å². The lowest BCUT2D eigenvalue weighted by molar-refractivity contribution is 0.989. The molecule has 12 heavy (non-hydrogen) atoms. The fourth-order valence-electron chi connectivity index (χ4n) is 1.04. The summed E-state index contributed by atoms with van der Waals surface area (Å²) in [5, 5.41) is 0. The molecule has 0 heterocycles. The molecule has 0 saturated carbocycles. The first-order chi connectivity index (χ1) is 6.18. The van der Waals surface area contributed by atoms with Crippen LogP contribution in [0.15, 0.2) is 42.0 Å². The van der Waals surface area contributed by atoms with Crippen LogP contribution in [-0.4, -0.2) is 0 Å². The zero-order valence-electron chi connectivity index (χ0n) is 8.75. The molecule has 1 atom stereocenters. The van der Waals surface area contributed by atoms with Gasteiger partial charge in [-0.25, -0.2) is 0 Å². The van der Waals surface area contributed by atoms with Gasteiger partial charge in [-0.2, -0.15) is 0 Å². The molecule has 0 aromatic heterocycles. The predicted molar refractivity (Wildman–Crippen MR) is 54.2 cm³/mol. The minimum Gasteiger partial charge on any atom is -0.0856 e. The molecule has 1 aromatic carbocycles. The van der Waals surface area contributed by atoms with Crippen molar-refractivity contribution in [2.45, 2.75) is 26.7 Å². The molecule has 64 valence electrons. The molecule has 0 radical (unpaired) electrons. The summed E-state index contributed by atoms with van der Waals surface area (Å²) >= 11 is 0. The molecule has 1 aromatic rings. The maximum absolute atomic E-state index is 7.76. The highest BCUT2D eigenvalue weighted by molar-refractivity contribution is 5.15. The van der Waals surface area contributed by atoms with Crippen molar-refractivity contribution in [1.82, 2.24) is 0 Å². The van der Waals surface area contributed by atoms with Crippen LogP contribution in [0.4, 0.5) is 0 Å². The lowest BCUT2D eigenvalue weighted by Crippen LogP contribution is -1.81. The minimum atomic E-state index is -0.104. The molecule has 0 heteroatoms. The van der Waals surface area contributed by atoms with Gasteiger partial charge in [0.15, 0.2) is 0 Å². The Balaban J connectivity index is 2.55. The molecule has 1 rings (SSSR count). The summed E-state index contributed by atoms with van der Waals surface area (Å²) in [6.07, 6.45) is 2.70. The number of aryl methyl sites for hydroxylation is 1. The molecular weight excluding hydrogens is 144 g/mol. The topological polar surface area (TPSA) is 0 Å². The quantitative estimate of drug-likeness (QED) is 0.594. The third kappa shape index (κ3) is 3.38. The Morgan fingerprint density at radius 1 is 1.33 bits per heavy atom. The van der Waals surface area contributed by atoms with Gasteiger partial charge in [-0.05, 0) is 32.2 Å². The van der Waals surface area contributed by atoms with Gasteiger partial charge in [0, 0.05) is 1.37 Å². The summed E-state index contributed by atoms with van der Waals surface area (Å²) in [7, 11) is 0. The van der Waals surface area contributed by atoms with Crippen LogP contribution in [0.3, 0.4) is 0 Å². The van der Waals surface area contributed by atoms with E-state index < -0.39 is 0 Å². The molecule has 0 bridgehead atoms. The van der Waals surface area contributed by atoms with Gasteiger partial charge in [0.05, 0.1) is 0 Å². The van der Waals surface area contributed by atoms with Crippen molar-refractivity contribution < 1.29 is 1.37 Å². The molecule has 0 saturated heterocycles. The van der Waals surface area contributed by atoms with E-state index in [1.54, 1.807) is 0 Å². The van der Waals surface area contributed by atoms with Crippen LogP contribution in [-0.2, 0) is 6.42 Å². The van der Waals surface area contributed by atoms with Crippen LogP contribution in [0.5, 0.6) is 0 Å². The van der Waals surface area contributed by atoms with E-state index in [0.717, 1.165) is 6.42 Å². The highest BCUT2D eigenvalue weighted by Gasteiger charge is 1.87. The maximum Gasteiger partial charge on any atom is 0.0313 e. The number of allylic oxidation sites excluding steroid dienone is 2. The monoisotopic (exact) mass is 161 g/mol. The third-order valence-electron chi connectivity index (χ3n) is 1.65. The van der Waals surface area contributed by atoms with Gasteiger partial charge in [0.25, 0.3) is 0 Å². The molecule has 0 fully saturated rings. The first-order valence-electron chi connectivity index (χ1n) is 4.87. The minimum absolute atomic E-state index is 0.104. The smallest absolute Gasteiger partial charge is 0.0313 e. The van der Waals surface area contributed by atoms with Crippen LogP contribution >= 0.6 is 0 Å². The Bertz CT molecular complexity index is 270. The van der Waals surface area contributed by atoms with Gasteiger partial charge in [-0.1, -0.05) is 42.0 Å². The zero-order chi connectivity index (χ0) is 9.68.